The minimum Gasteiger partial charge on any atom is -0.507 e. The molecular formula is C15H21NO6. The maximum absolute atomic E-state index is 10.6. The summed E-state index contributed by atoms with van der Waals surface area (Å²) in [6.07, 6.45) is 1.70. The Bertz CT molecular complexity index is 541. The highest BCUT2D eigenvalue weighted by Gasteiger charge is 2.23. The zero-order valence-electron chi connectivity index (χ0n) is 12.6. The number of carbonyl (C=O) groups is 2. The molecule has 0 aliphatic carbocycles. The monoisotopic (exact) mass is 311 g/mol. The molecule has 1 fully saturated rings. The van der Waals surface area contributed by atoms with Gasteiger partial charge in [0.05, 0.1) is 19.3 Å². The van der Waals surface area contributed by atoms with Gasteiger partial charge < -0.3 is 25.4 Å². The average molecular weight is 311 g/mol. The van der Waals surface area contributed by atoms with Crippen LogP contribution in [0.15, 0.2) is 12.1 Å². The van der Waals surface area contributed by atoms with Crippen LogP contribution in [0.25, 0.3) is 0 Å². The topological polar surface area (TPSA) is 116 Å². The molecule has 4 N–H and O–H groups in total. The smallest absolute Gasteiger partial charge is 0.326 e. The van der Waals surface area contributed by atoms with Gasteiger partial charge in [-0.05, 0) is 31.4 Å². The summed E-state index contributed by atoms with van der Waals surface area (Å²) in [4.78, 5) is 20.9. The first-order valence-electron chi connectivity index (χ1n) is 6.89. The number of aliphatic hydroxyl groups is 1. The van der Waals surface area contributed by atoms with Crippen molar-refractivity contribution in [1.82, 2.24) is 5.32 Å². The van der Waals surface area contributed by atoms with E-state index in [-0.39, 0.29) is 18.3 Å². The van der Waals surface area contributed by atoms with Gasteiger partial charge in [-0.3, -0.25) is 4.79 Å². The molecule has 1 aliphatic rings. The number of phenols is 1. The van der Waals surface area contributed by atoms with Crippen molar-refractivity contribution in [2.75, 3.05) is 7.11 Å². The number of benzene rings is 1. The molecule has 1 amide bonds. The van der Waals surface area contributed by atoms with Crippen LogP contribution >= 0.6 is 0 Å². The number of aryl methyl sites for hydroxylation is 1. The number of nitrogens with one attached hydrogen (secondary N) is 1. The number of hydrogen-bond donors (Lipinski definition) is 4. The molecule has 1 aromatic carbocycles. The molecule has 1 aromatic rings. The molecule has 0 unspecified atom stereocenters. The molecular weight excluding hydrogens is 290 g/mol. The number of amides is 1. The maximum Gasteiger partial charge on any atom is 0.326 e. The Hall–Kier alpha value is -2.28. The van der Waals surface area contributed by atoms with E-state index in [4.69, 9.17) is 14.9 Å². The molecule has 0 bridgehead atoms. The molecule has 0 radical (unpaired) electrons. The van der Waals surface area contributed by atoms with Crippen LogP contribution in [0.4, 0.5) is 0 Å². The lowest BCUT2D eigenvalue weighted by Crippen LogP contribution is -2.43. The Labute approximate surface area is 128 Å². The number of methoxy groups -OCH3 is 1. The van der Waals surface area contributed by atoms with Crippen molar-refractivity contribution in [3.8, 4) is 11.5 Å². The highest BCUT2D eigenvalue weighted by atomic mass is 16.5. The van der Waals surface area contributed by atoms with E-state index in [1.807, 2.05) is 0 Å². The van der Waals surface area contributed by atoms with E-state index in [1.54, 1.807) is 19.1 Å². The van der Waals surface area contributed by atoms with Crippen molar-refractivity contribution in [3.63, 3.8) is 0 Å². The average Bonchev–Trinajstić information content (AvgIpc) is 2.50. The fourth-order valence-corrected chi connectivity index (χ4v) is 2.07. The Morgan fingerprint density at radius 1 is 1.45 bits per heavy atom. The van der Waals surface area contributed by atoms with E-state index < -0.39 is 12.0 Å². The van der Waals surface area contributed by atoms with Crippen LogP contribution in [0, 0.1) is 6.92 Å². The lowest BCUT2D eigenvalue weighted by Gasteiger charge is -2.18. The molecule has 1 heterocycles. The lowest BCUT2D eigenvalue weighted by molar-refractivity contribution is -0.143. The number of aliphatic hydroxyl groups excluding tert-OH is 1. The van der Waals surface area contributed by atoms with Crippen molar-refractivity contribution in [1.29, 1.82) is 0 Å². The van der Waals surface area contributed by atoms with Crippen LogP contribution in [0.2, 0.25) is 0 Å². The standard InChI is InChI=1S/C9H12O3.C6H9NO3/c1-6-3-4-8(12-2)7(5-10)9(6)11;8-5-3-1-2-4(7-5)6(9)10/h3-4,10-11H,5H2,1-2H3;4H,1-3H2,(H,7,8)(H,9,10)/t;4-/m.0/s1. The van der Waals surface area contributed by atoms with Gasteiger partial charge in [0.15, 0.2) is 0 Å². The van der Waals surface area contributed by atoms with Gasteiger partial charge in [0.1, 0.15) is 17.5 Å². The second-order valence-corrected chi connectivity index (χ2v) is 4.92. The van der Waals surface area contributed by atoms with Crippen molar-refractivity contribution >= 4 is 11.9 Å². The number of aromatic hydroxyl groups is 1. The predicted molar refractivity (Wildman–Crippen MR) is 78.7 cm³/mol. The van der Waals surface area contributed by atoms with Crippen LogP contribution in [0.3, 0.4) is 0 Å². The Kier molecular flexibility index (Phi) is 6.65. The van der Waals surface area contributed by atoms with Gasteiger partial charge in [-0.2, -0.15) is 0 Å². The molecule has 122 valence electrons. The molecule has 7 nitrogen and oxygen atoms in total. The number of aliphatic carboxylic acids is 1. The van der Waals surface area contributed by atoms with Crippen LogP contribution in [0.1, 0.15) is 30.4 Å². The molecule has 0 aromatic heterocycles. The highest BCUT2D eigenvalue weighted by Crippen LogP contribution is 2.30. The van der Waals surface area contributed by atoms with E-state index in [9.17, 15) is 14.7 Å². The van der Waals surface area contributed by atoms with Gasteiger partial charge >= 0.3 is 5.97 Å². The zero-order chi connectivity index (χ0) is 16.7. The summed E-state index contributed by atoms with van der Waals surface area (Å²) in [5.41, 5.74) is 1.18. The molecule has 0 saturated carbocycles. The number of rotatable bonds is 3. The summed E-state index contributed by atoms with van der Waals surface area (Å²) in [5.74, 6) is -0.468. The van der Waals surface area contributed by atoms with Crippen LogP contribution < -0.4 is 10.1 Å². The Morgan fingerprint density at radius 3 is 2.59 bits per heavy atom. The maximum atomic E-state index is 10.6. The molecule has 1 atom stereocenters. The molecule has 7 heteroatoms. The van der Waals surface area contributed by atoms with Crippen molar-refractivity contribution in [3.05, 3.63) is 23.3 Å². The van der Waals surface area contributed by atoms with Crippen molar-refractivity contribution in [2.45, 2.75) is 38.8 Å². The second-order valence-electron chi connectivity index (χ2n) is 4.92. The van der Waals surface area contributed by atoms with Gasteiger partial charge in [0, 0.05) is 6.42 Å². The fourth-order valence-electron chi connectivity index (χ4n) is 2.07. The SMILES string of the molecule is COc1ccc(C)c(O)c1CO.O=C1CCC[C@@H](C(=O)O)N1. The fraction of sp³-hybridized carbons (Fsp3) is 0.467. The first-order valence-corrected chi connectivity index (χ1v) is 6.89. The lowest BCUT2D eigenvalue weighted by atomic mass is 10.1. The number of piperidine rings is 1. The molecule has 1 saturated heterocycles. The molecule has 0 spiro atoms. The van der Waals surface area contributed by atoms with Crippen molar-refractivity contribution in [2.24, 2.45) is 0 Å². The van der Waals surface area contributed by atoms with Crippen LogP contribution in [-0.2, 0) is 16.2 Å². The summed E-state index contributed by atoms with van der Waals surface area (Å²) in [7, 11) is 1.50. The highest BCUT2D eigenvalue weighted by molar-refractivity contribution is 5.84. The Balaban J connectivity index is 0.000000224. The molecule has 1 aliphatic heterocycles. The predicted octanol–water partition coefficient (Wildman–Crippen LogP) is 0.941. The molecule has 2 rings (SSSR count). The van der Waals surface area contributed by atoms with E-state index in [0.717, 1.165) is 5.56 Å². The summed E-state index contributed by atoms with van der Waals surface area (Å²) in [6.45, 7) is 1.56. The summed E-state index contributed by atoms with van der Waals surface area (Å²) < 4.78 is 4.95. The normalized spacial score (nSPS) is 17.0. The third kappa shape index (κ3) is 4.63. The second kappa shape index (κ2) is 8.23. The minimum absolute atomic E-state index is 0.108. The third-order valence-corrected chi connectivity index (χ3v) is 3.35. The van der Waals surface area contributed by atoms with Crippen LogP contribution in [-0.4, -0.2) is 40.3 Å². The van der Waals surface area contributed by atoms with Gasteiger partial charge in [-0.1, -0.05) is 6.07 Å². The first-order chi connectivity index (χ1) is 10.4. The van der Waals surface area contributed by atoms with Gasteiger partial charge in [0.2, 0.25) is 5.91 Å². The summed E-state index contributed by atoms with van der Waals surface area (Å²) >= 11 is 0. The molecule has 22 heavy (non-hydrogen) atoms. The van der Waals surface area contributed by atoms with Gasteiger partial charge in [0.25, 0.3) is 0 Å². The van der Waals surface area contributed by atoms with E-state index in [0.29, 0.717) is 30.6 Å². The minimum atomic E-state index is -0.937. The number of carboxylic acids is 1. The largest absolute Gasteiger partial charge is 0.507 e. The summed E-state index contributed by atoms with van der Waals surface area (Å²) in [5, 5.41) is 29.2. The zero-order valence-corrected chi connectivity index (χ0v) is 12.6. The van der Waals surface area contributed by atoms with Gasteiger partial charge in [-0.15, -0.1) is 0 Å². The van der Waals surface area contributed by atoms with E-state index in [1.165, 1.54) is 7.11 Å². The van der Waals surface area contributed by atoms with E-state index >= 15 is 0 Å². The number of carbonyl (C=O) groups excluding carboxylic acids is 1. The first kappa shape index (κ1) is 17.8. The number of ether oxygens (including phenoxy) is 1. The van der Waals surface area contributed by atoms with E-state index in [2.05, 4.69) is 5.32 Å². The number of carboxylic acid groups (broad SMARTS) is 1. The van der Waals surface area contributed by atoms with Crippen molar-refractivity contribution < 1.29 is 29.6 Å². The quantitative estimate of drug-likeness (QED) is 0.660. The van der Waals surface area contributed by atoms with Crippen LogP contribution in [0.5, 0.6) is 11.5 Å². The third-order valence-electron chi connectivity index (χ3n) is 3.35. The number of hydrogen-bond acceptors (Lipinski definition) is 5. The van der Waals surface area contributed by atoms with Gasteiger partial charge in [-0.25, -0.2) is 4.79 Å². The summed E-state index contributed by atoms with van der Waals surface area (Å²) in [6, 6.07) is 2.81. The Morgan fingerprint density at radius 2 is 2.14 bits per heavy atom.